The number of carbonyl (C=O) groups is 1. The van der Waals surface area contributed by atoms with Gasteiger partial charge < -0.3 is 9.64 Å². The summed E-state index contributed by atoms with van der Waals surface area (Å²) in [6.45, 7) is 5.38. The number of ether oxygens (including phenoxy) is 1. The monoisotopic (exact) mass is 159 g/mol. The molecular formula is C8H17NO2. The van der Waals surface area contributed by atoms with E-state index in [9.17, 15) is 4.79 Å². The van der Waals surface area contributed by atoms with Crippen molar-refractivity contribution in [1.82, 2.24) is 4.90 Å². The number of nitrogens with zero attached hydrogens (tertiary/aromatic N) is 1. The van der Waals surface area contributed by atoms with E-state index in [0.717, 1.165) is 6.08 Å². The second kappa shape index (κ2) is 9.17. The van der Waals surface area contributed by atoms with Crippen molar-refractivity contribution in [2.45, 2.75) is 6.92 Å². The molecule has 0 aliphatic rings. The highest BCUT2D eigenvalue weighted by Gasteiger charge is 1.86. The highest BCUT2D eigenvalue weighted by atomic mass is 16.5. The third-order valence-corrected chi connectivity index (χ3v) is 0.453. The molecule has 0 saturated heterocycles. The molecule has 0 atom stereocenters. The zero-order valence-corrected chi connectivity index (χ0v) is 7.76. The molecule has 3 nitrogen and oxygen atoms in total. The van der Waals surface area contributed by atoms with E-state index in [0.29, 0.717) is 6.61 Å². The lowest BCUT2D eigenvalue weighted by atomic mass is 10.6. The molecule has 0 amide bonds. The van der Waals surface area contributed by atoms with E-state index in [2.05, 4.69) is 11.3 Å². The Labute approximate surface area is 68.6 Å². The number of hydrogen-bond donors (Lipinski definition) is 0. The van der Waals surface area contributed by atoms with E-state index >= 15 is 0 Å². The van der Waals surface area contributed by atoms with E-state index in [1.165, 1.54) is 0 Å². The minimum atomic E-state index is -0.359. The van der Waals surface area contributed by atoms with Crippen molar-refractivity contribution in [3.05, 3.63) is 12.7 Å². The van der Waals surface area contributed by atoms with E-state index in [1.807, 2.05) is 26.0 Å². The fraction of sp³-hybridized carbons (Fsp3) is 0.625. The van der Waals surface area contributed by atoms with Gasteiger partial charge >= 0.3 is 5.97 Å². The highest BCUT2D eigenvalue weighted by molar-refractivity contribution is 5.81. The fourth-order valence-corrected chi connectivity index (χ4v) is 0.201. The molecule has 0 aromatic rings. The predicted molar refractivity (Wildman–Crippen MR) is 46.4 cm³/mol. The Kier molecular flexibility index (Phi) is 10.7. The summed E-state index contributed by atoms with van der Waals surface area (Å²) in [5.74, 6) is -0.359. The number of rotatable bonds is 2. The van der Waals surface area contributed by atoms with Gasteiger partial charge in [0.2, 0.25) is 0 Å². The standard InChI is InChI=1S/C5H8O2.C3H9N/c1-3-5(6)7-4-2;1-4(2)3/h3H,1,4H2,2H3;1-3H3. The van der Waals surface area contributed by atoms with Crippen LogP contribution in [0.4, 0.5) is 0 Å². The molecule has 0 aliphatic carbocycles. The SMILES string of the molecule is C=CC(=O)OCC.CN(C)C. The van der Waals surface area contributed by atoms with Crippen molar-refractivity contribution in [3.8, 4) is 0 Å². The molecule has 11 heavy (non-hydrogen) atoms. The van der Waals surface area contributed by atoms with Crippen molar-refractivity contribution in [2.24, 2.45) is 0 Å². The quantitative estimate of drug-likeness (QED) is 0.443. The average Bonchev–Trinajstić information content (AvgIpc) is 1.87. The van der Waals surface area contributed by atoms with Crippen molar-refractivity contribution >= 4 is 5.97 Å². The van der Waals surface area contributed by atoms with Crippen LogP contribution in [0.25, 0.3) is 0 Å². The minimum absolute atomic E-state index is 0.359. The lowest BCUT2D eigenvalue weighted by Crippen LogP contribution is -1.99. The van der Waals surface area contributed by atoms with Crippen LogP contribution in [0.2, 0.25) is 0 Å². The second-order valence-electron chi connectivity index (χ2n) is 2.30. The summed E-state index contributed by atoms with van der Waals surface area (Å²) in [6, 6.07) is 0. The molecule has 0 spiro atoms. The Hall–Kier alpha value is -0.830. The molecule has 66 valence electrons. The molecule has 0 fully saturated rings. The van der Waals surface area contributed by atoms with E-state index < -0.39 is 0 Å². The van der Waals surface area contributed by atoms with E-state index in [4.69, 9.17) is 0 Å². The molecular weight excluding hydrogens is 142 g/mol. The van der Waals surface area contributed by atoms with Gasteiger partial charge in [-0.15, -0.1) is 0 Å². The van der Waals surface area contributed by atoms with Gasteiger partial charge in [0.05, 0.1) is 6.61 Å². The van der Waals surface area contributed by atoms with Gasteiger partial charge in [-0.25, -0.2) is 4.79 Å². The Morgan fingerprint density at radius 1 is 1.55 bits per heavy atom. The minimum Gasteiger partial charge on any atom is -0.463 e. The molecule has 0 saturated carbocycles. The van der Waals surface area contributed by atoms with Crippen LogP contribution in [0, 0.1) is 0 Å². The Morgan fingerprint density at radius 3 is 2.00 bits per heavy atom. The largest absolute Gasteiger partial charge is 0.463 e. The van der Waals surface area contributed by atoms with Gasteiger partial charge in [0, 0.05) is 6.08 Å². The molecule has 0 radical (unpaired) electrons. The topological polar surface area (TPSA) is 29.5 Å². The lowest BCUT2D eigenvalue weighted by molar-refractivity contribution is -0.137. The Morgan fingerprint density at radius 2 is 1.91 bits per heavy atom. The first-order valence-electron chi connectivity index (χ1n) is 3.44. The van der Waals surface area contributed by atoms with Crippen LogP contribution in [0.3, 0.4) is 0 Å². The van der Waals surface area contributed by atoms with Gasteiger partial charge in [-0.05, 0) is 28.1 Å². The molecule has 0 bridgehead atoms. The molecule has 0 aromatic carbocycles. The average molecular weight is 159 g/mol. The van der Waals surface area contributed by atoms with Gasteiger partial charge in [0.15, 0.2) is 0 Å². The summed E-state index contributed by atoms with van der Waals surface area (Å²) < 4.78 is 4.43. The first kappa shape index (κ1) is 12.8. The van der Waals surface area contributed by atoms with Crippen molar-refractivity contribution in [2.75, 3.05) is 27.7 Å². The lowest BCUT2D eigenvalue weighted by Gasteiger charge is -1.90. The van der Waals surface area contributed by atoms with Crippen molar-refractivity contribution < 1.29 is 9.53 Å². The summed E-state index contributed by atoms with van der Waals surface area (Å²) in [5, 5.41) is 0. The van der Waals surface area contributed by atoms with Crippen molar-refractivity contribution in [1.29, 1.82) is 0 Å². The van der Waals surface area contributed by atoms with Crippen LogP contribution >= 0.6 is 0 Å². The van der Waals surface area contributed by atoms with Crippen LogP contribution in [0.1, 0.15) is 6.92 Å². The molecule has 0 unspecified atom stereocenters. The van der Waals surface area contributed by atoms with Gasteiger partial charge in [0.25, 0.3) is 0 Å². The first-order valence-corrected chi connectivity index (χ1v) is 3.44. The van der Waals surface area contributed by atoms with Gasteiger partial charge in [-0.1, -0.05) is 6.58 Å². The normalized spacial score (nSPS) is 8.09. The third-order valence-electron chi connectivity index (χ3n) is 0.453. The van der Waals surface area contributed by atoms with Crippen LogP contribution in [-0.2, 0) is 9.53 Å². The van der Waals surface area contributed by atoms with Crippen LogP contribution in [0.5, 0.6) is 0 Å². The molecule has 0 rings (SSSR count). The zero-order chi connectivity index (χ0) is 9.28. The maximum atomic E-state index is 10.1. The molecule has 3 heteroatoms. The summed E-state index contributed by atoms with van der Waals surface area (Å²) >= 11 is 0. The summed E-state index contributed by atoms with van der Waals surface area (Å²) in [7, 11) is 6.00. The van der Waals surface area contributed by atoms with E-state index in [-0.39, 0.29) is 5.97 Å². The third kappa shape index (κ3) is 27.1. The number of hydrogen-bond acceptors (Lipinski definition) is 3. The zero-order valence-electron chi connectivity index (χ0n) is 7.76. The first-order chi connectivity index (χ1) is 5.04. The molecule has 0 aliphatic heterocycles. The highest BCUT2D eigenvalue weighted by Crippen LogP contribution is 1.74. The Bertz CT molecular complexity index is 108. The van der Waals surface area contributed by atoms with E-state index in [1.54, 1.807) is 6.92 Å². The Balaban J connectivity index is 0. The van der Waals surface area contributed by atoms with Crippen molar-refractivity contribution in [3.63, 3.8) is 0 Å². The van der Waals surface area contributed by atoms with Gasteiger partial charge in [0.1, 0.15) is 0 Å². The maximum Gasteiger partial charge on any atom is 0.330 e. The smallest absolute Gasteiger partial charge is 0.330 e. The maximum absolute atomic E-state index is 10.1. The summed E-state index contributed by atoms with van der Waals surface area (Å²) in [5.41, 5.74) is 0. The fourth-order valence-electron chi connectivity index (χ4n) is 0.201. The summed E-state index contributed by atoms with van der Waals surface area (Å²) in [4.78, 5) is 12.1. The predicted octanol–water partition coefficient (Wildman–Crippen LogP) is 0.913. The van der Waals surface area contributed by atoms with Crippen LogP contribution in [-0.4, -0.2) is 38.6 Å². The second-order valence-corrected chi connectivity index (χ2v) is 2.30. The molecule has 0 aromatic heterocycles. The van der Waals surface area contributed by atoms with Crippen LogP contribution < -0.4 is 0 Å². The van der Waals surface area contributed by atoms with Gasteiger partial charge in [-0.3, -0.25) is 0 Å². The molecule has 0 heterocycles. The summed E-state index contributed by atoms with van der Waals surface area (Å²) in [6.07, 6.45) is 1.14. The molecule has 0 N–H and O–H groups in total. The van der Waals surface area contributed by atoms with Gasteiger partial charge in [-0.2, -0.15) is 0 Å². The van der Waals surface area contributed by atoms with Crippen LogP contribution in [0.15, 0.2) is 12.7 Å². The number of esters is 1. The number of carbonyl (C=O) groups excluding carboxylic acids is 1.